The van der Waals surface area contributed by atoms with E-state index in [4.69, 9.17) is 4.74 Å². The quantitative estimate of drug-likeness (QED) is 0.828. The maximum atomic E-state index is 12.7. The zero-order valence-corrected chi connectivity index (χ0v) is 16.7. The number of hydrogen-bond donors (Lipinski definition) is 2. The van der Waals surface area contributed by atoms with Gasteiger partial charge in [-0.2, -0.15) is 0 Å². The summed E-state index contributed by atoms with van der Waals surface area (Å²) >= 11 is 1.51. The highest BCUT2D eigenvalue weighted by molar-refractivity contribution is 7.13. The summed E-state index contributed by atoms with van der Waals surface area (Å²) < 4.78 is 5.27. The summed E-state index contributed by atoms with van der Waals surface area (Å²) in [6.45, 7) is 3.05. The summed E-state index contributed by atoms with van der Waals surface area (Å²) in [5.74, 6) is 0.706. The number of hydrogen-bond acceptors (Lipinski definition) is 5. The number of likely N-dealkylation sites (tertiary alicyclic amines) is 1. The van der Waals surface area contributed by atoms with Crippen LogP contribution in [0.4, 0.5) is 5.69 Å². The summed E-state index contributed by atoms with van der Waals surface area (Å²) in [6, 6.07) is 11.4. The van der Waals surface area contributed by atoms with Crippen molar-refractivity contribution in [3.05, 3.63) is 46.2 Å². The number of amides is 2. The van der Waals surface area contributed by atoms with Crippen molar-refractivity contribution in [3.8, 4) is 5.75 Å². The van der Waals surface area contributed by atoms with Gasteiger partial charge in [-0.15, -0.1) is 11.3 Å². The molecule has 1 aliphatic heterocycles. The molecular formula is C20H25N3O3S. The van der Waals surface area contributed by atoms with E-state index in [1.54, 1.807) is 14.2 Å². The molecular weight excluding hydrogens is 362 g/mol. The lowest BCUT2D eigenvalue weighted by Gasteiger charge is -2.41. The Labute approximate surface area is 163 Å². The van der Waals surface area contributed by atoms with Gasteiger partial charge in [0.05, 0.1) is 12.0 Å². The highest BCUT2D eigenvalue weighted by atomic mass is 32.1. The summed E-state index contributed by atoms with van der Waals surface area (Å²) in [5, 5.41) is 6.17. The smallest absolute Gasteiger partial charge is 0.263 e. The lowest BCUT2D eigenvalue weighted by Crippen LogP contribution is -2.58. The van der Waals surface area contributed by atoms with Crippen LogP contribution < -0.4 is 15.4 Å². The molecule has 0 saturated carbocycles. The molecule has 2 amide bonds. The summed E-state index contributed by atoms with van der Waals surface area (Å²) in [5.41, 5.74) is 0.0788. The highest BCUT2D eigenvalue weighted by Gasteiger charge is 2.42. The van der Waals surface area contributed by atoms with E-state index >= 15 is 0 Å². The first-order valence-electron chi connectivity index (χ1n) is 8.97. The molecule has 1 aromatic heterocycles. The summed E-state index contributed by atoms with van der Waals surface area (Å²) in [6.07, 6.45) is 1.08. The van der Waals surface area contributed by atoms with Crippen molar-refractivity contribution >= 4 is 28.8 Å². The predicted octanol–water partition coefficient (Wildman–Crippen LogP) is 2.90. The number of anilines is 1. The molecule has 2 N–H and O–H groups in total. The van der Waals surface area contributed by atoms with Crippen LogP contribution in [0.3, 0.4) is 0 Å². The zero-order chi connectivity index (χ0) is 19.4. The van der Waals surface area contributed by atoms with Gasteiger partial charge in [-0.3, -0.25) is 9.59 Å². The van der Waals surface area contributed by atoms with Crippen LogP contribution in [0, 0.1) is 6.92 Å². The van der Waals surface area contributed by atoms with Gasteiger partial charge in [0.1, 0.15) is 11.3 Å². The van der Waals surface area contributed by atoms with Crippen LogP contribution in [0.15, 0.2) is 36.4 Å². The molecule has 0 bridgehead atoms. The fourth-order valence-electron chi connectivity index (χ4n) is 3.42. The SMILES string of the molecule is CNC(=O)C1(Nc2cccc(OC)c2)CCN(C(=O)c2ccc(C)s2)CC1. The second-order valence-electron chi connectivity index (χ2n) is 6.72. The molecule has 0 aliphatic carbocycles. The Morgan fingerprint density at radius 1 is 1.19 bits per heavy atom. The van der Waals surface area contributed by atoms with E-state index in [9.17, 15) is 9.59 Å². The Bertz CT molecular complexity index is 825. The molecule has 0 radical (unpaired) electrons. The van der Waals surface area contributed by atoms with Crippen LogP contribution in [-0.4, -0.2) is 49.5 Å². The second kappa shape index (κ2) is 8.00. The molecule has 0 unspecified atom stereocenters. The largest absolute Gasteiger partial charge is 0.497 e. The van der Waals surface area contributed by atoms with Gasteiger partial charge < -0.3 is 20.3 Å². The molecule has 0 spiro atoms. The van der Waals surface area contributed by atoms with Crippen molar-refractivity contribution in [2.45, 2.75) is 25.3 Å². The van der Waals surface area contributed by atoms with Crippen molar-refractivity contribution in [1.82, 2.24) is 10.2 Å². The standard InChI is InChI=1S/C20H25N3O3S/c1-14-7-8-17(27-14)18(24)23-11-9-20(10-12-23,19(25)21-2)22-15-5-4-6-16(13-15)26-3/h4-8,13,22H,9-12H2,1-3H3,(H,21,25). The molecule has 3 rings (SSSR count). The first-order chi connectivity index (χ1) is 13.0. The van der Waals surface area contributed by atoms with E-state index in [1.807, 2.05) is 48.2 Å². The van der Waals surface area contributed by atoms with E-state index in [0.717, 1.165) is 21.2 Å². The Hall–Kier alpha value is -2.54. The van der Waals surface area contributed by atoms with Crippen LogP contribution in [0.2, 0.25) is 0 Å². The van der Waals surface area contributed by atoms with E-state index < -0.39 is 5.54 Å². The van der Waals surface area contributed by atoms with Crippen molar-refractivity contribution in [2.24, 2.45) is 0 Å². The maximum Gasteiger partial charge on any atom is 0.263 e. The average Bonchev–Trinajstić information content (AvgIpc) is 3.13. The number of carbonyl (C=O) groups is 2. The van der Waals surface area contributed by atoms with E-state index in [2.05, 4.69) is 10.6 Å². The van der Waals surface area contributed by atoms with Crippen molar-refractivity contribution in [1.29, 1.82) is 0 Å². The minimum atomic E-state index is -0.747. The lowest BCUT2D eigenvalue weighted by molar-refractivity contribution is -0.126. The molecule has 1 fully saturated rings. The van der Waals surface area contributed by atoms with E-state index in [-0.39, 0.29) is 11.8 Å². The number of benzene rings is 1. The van der Waals surface area contributed by atoms with Gasteiger partial charge in [-0.1, -0.05) is 6.07 Å². The zero-order valence-electron chi connectivity index (χ0n) is 15.9. The van der Waals surface area contributed by atoms with Gasteiger partial charge in [0.25, 0.3) is 5.91 Å². The van der Waals surface area contributed by atoms with Gasteiger partial charge in [0, 0.05) is 36.8 Å². The number of piperidine rings is 1. The molecule has 0 atom stereocenters. The summed E-state index contributed by atoms with van der Waals surface area (Å²) in [7, 11) is 3.26. The first kappa shape index (κ1) is 19.2. The number of nitrogens with zero attached hydrogens (tertiary/aromatic N) is 1. The van der Waals surface area contributed by atoms with Gasteiger partial charge in [0.2, 0.25) is 5.91 Å². The number of likely N-dealkylation sites (N-methyl/N-ethyl adjacent to an activating group) is 1. The Kier molecular flexibility index (Phi) is 5.70. The number of methoxy groups -OCH3 is 1. The minimum Gasteiger partial charge on any atom is -0.497 e. The molecule has 2 aromatic rings. The van der Waals surface area contributed by atoms with Crippen LogP contribution in [0.5, 0.6) is 5.75 Å². The monoisotopic (exact) mass is 387 g/mol. The normalized spacial score (nSPS) is 15.9. The highest BCUT2D eigenvalue weighted by Crippen LogP contribution is 2.30. The van der Waals surface area contributed by atoms with Crippen LogP contribution >= 0.6 is 11.3 Å². The van der Waals surface area contributed by atoms with Gasteiger partial charge in [0.15, 0.2) is 0 Å². The molecule has 6 nitrogen and oxygen atoms in total. The average molecular weight is 388 g/mol. The molecule has 7 heteroatoms. The number of aryl methyl sites for hydroxylation is 1. The van der Waals surface area contributed by atoms with Gasteiger partial charge in [-0.25, -0.2) is 0 Å². The lowest BCUT2D eigenvalue weighted by atomic mass is 9.86. The van der Waals surface area contributed by atoms with Gasteiger partial charge in [-0.05, 0) is 44.0 Å². The van der Waals surface area contributed by atoms with Crippen LogP contribution in [0.1, 0.15) is 27.4 Å². The number of carbonyl (C=O) groups excluding carboxylic acids is 2. The van der Waals surface area contributed by atoms with Crippen LogP contribution in [-0.2, 0) is 4.79 Å². The van der Waals surface area contributed by atoms with Crippen molar-refractivity contribution in [2.75, 3.05) is 32.6 Å². The molecule has 1 aromatic carbocycles. The number of ether oxygens (including phenoxy) is 1. The number of thiophene rings is 1. The van der Waals surface area contributed by atoms with Gasteiger partial charge >= 0.3 is 0 Å². The molecule has 144 valence electrons. The molecule has 2 heterocycles. The maximum absolute atomic E-state index is 12.7. The molecule has 27 heavy (non-hydrogen) atoms. The fraction of sp³-hybridized carbons (Fsp3) is 0.400. The van der Waals surface area contributed by atoms with E-state index in [1.165, 1.54) is 11.3 Å². The molecule has 1 saturated heterocycles. The predicted molar refractivity (Wildman–Crippen MR) is 108 cm³/mol. The van der Waals surface area contributed by atoms with E-state index in [0.29, 0.717) is 25.9 Å². The summed E-state index contributed by atoms with van der Waals surface area (Å²) in [4.78, 5) is 29.1. The van der Waals surface area contributed by atoms with Crippen molar-refractivity contribution in [3.63, 3.8) is 0 Å². The fourth-order valence-corrected chi connectivity index (χ4v) is 4.26. The third kappa shape index (κ3) is 4.08. The number of nitrogens with one attached hydrogen (secondary N) is 2. The third-order valence-corrected chi connectivity index (χ3v) is 5.96. The topological polar surface area (TPSA) is 70.7 Å². The Morgan fingerprint density at radius 2 is 1.93 bits per heavy atom. The minimum absolute atomic E-state index is 0.0417. The third-order valence-electron chi connectivity index (χ3n) is 4.97. The first-order valence-corrected chi connectivity index (χ1v) is 9.79. The Morgan fingerprint density at radius 3 is 2.52 bits per heavy atom. The Balaban J connectivity index is 1.75. The molecule has 1 aliphatic rings. The number of rotatable bonds is 5. The van der Waals surface area contributed by atoms with Crippen LogP contribution in [0.25, 0.3) is 0 Å². The second-order valence-corrected chi connectivity index (χ2v) is 8.01. The van der Waals surface area contributed by atoms with Crippen molar-refractivity contribution < 1.29 is 14.3 Å².